The van der Waals surface area contributed by atoms with Crippen LogP contribution in [0.5, 0.6) is 0 Å². The molecule has 8 nitrogen and oxygen atoms in total. The Balaban J connectivity index is 4.99. The highest BCUT2D eigenvalue weighted by molar-refractivity contribution is 5.89. The van der Waals surface area contributed by atoms with E-state index >= 15 is 0 Å². The highest BCUT2D eigenvalue weighted by Gasteiger charge is 2.30. The first-order valence-electron chi connectivity index (χ1n) is 9.06. The molecule has 0 aliphatic rings. The van der Waals surface area contributed by atoms with Gasteiger partial charge >= 0.3 is 12.1 Å². The topological polar surface area (TPSA) is 103 Å². The van der Waals surface area contributed by atoms with Crippen molar-refractivity contribution in [1.29, 1.82) is 0 Å². The Labute approximate surface area is 162 Å². The van der Waals surface area contributed by atoms with Gasteiger partial charge in [0.15, 0.2) is 6.04 Å². The third-order valence-corrected chi connectivity index (χ3v) is 2.82. The first kappa shape index (κ1) is 25.2. The molecule has 2 N–H and O–H groups in total. The SMILES string of the molecule is C[C@H](NC(=O)OC(C)(C)C)C(=O)N[C@@H](COC(C)(C)C)C(=O)OC(C)(C)C. The van der Waals surface area contributed by atoms with Crippen LogP contribution in [0.15, 0.2) is 0 Å². The predicted molar refractivity (Wildman–Crippen MR) is 102 cm³/mol. The first-order chi connectivity index (χ1) is 11.9. The van der Waals surface area contributed by atoms with E-state index in [9.17, 15) is 14.4 Å². The molecule has 27 heavy (non-hydrogen) atoms. The molecular weight excluding hydrogens is 352 g/mol. The van der Waals surface area contributed by atoms with Crippen LogP contribution < -0.4 is 10.6 Å². The van der Waals surface area contributed by atoms with Crippen LogP contribution in [-0.4, -0.2) is 53.5 Å². The van der Waals surface area contributed by atoms with Crippen molar-refractivity contribution in [2.24, 2.45) is 0 Å². The molecule has 0 aromatic rings. The maximum atomic E-state index is 12.4. The number of rotatable bonds is 6. The van der Waals surface area contributed by atoms with E-state index in [2.05, 4.69) is 10.6 Å². The molecule has 0 unspecified atom stereocenters. The fraction of sp³-hybridized carbons (Fsp3) is 0.842. The van der Waals surface area contributed by atoms with Gasteiger partial charge in [-0.05, 0) is 69.2 Å². The van der Waals surface area contributed by atoms with Crippen LogP contribution in [0.4, 0.5) is 4.79 Å². The van der Waals surface area contributed by atoms with Gasteiger partial charge < -0.3 is 24.8 Å². The molecule has 8 heteroatoms. The van der Waals surface area contributed by atoms with Gasteiger partial charge in [-0.1, -0.05) is 0 Å². The summed E-state index contributed by atoms with van der Waals surface area (Å²) in [4.78, 5) is 36.6. The molecule has 0 saturated heterocycles. The van der Waals surface area contributed by atoms with Crippen LogP contribution >= 0.6 is 0 Å². The van der Waals surface area contributed by atoms with E-state index in [0.29, 0.717) is 0 Å². The summed E-state index contributed by atoms with van der Waals surface area (Å²) in [5.74, 6) is -1.15. The van der Waals surface area contributed by atoms with Crippen LogP contribution in [0.25, 0.3) is 0 Å². The summed E-state index contributed by atoms with van der Waals surface area (Å²) in [7, 11) is 0. The van der Waals surface area contributed by atoms with E-state index in [0.717, 1.165) is 0 Å². The summed E-state index contributed by atoms with van der Waals surface area (Å²) in [6, 6.07) is -1.90. The highest BCUT2D eigenvalue weighted by atomic mass is 16.6. The van der Waals surface area contributed by atoms with E-state index in [1.807, 2.05) is 20.8 Å². The average molecular weight is 389 g/mol. The quantitative estimate of drug-likeness (QED) is 0.678. The lowest BCUT2D eigenvalue weighted by Crippen LogP contribution is -2.54. The monoisotopic (exact) mass is 388 g/mol. The number of esters is 1. The predicted octanol–water partition coefficient (Wildman–Crippen LogP) is 2.54. The van der Waals surface area contributed by atoms with E-state index in [-0.39, 0.29) is 6.61 Å². The molecule has 0 saturated carbocycles. The Morgan fingerprint density at radius 1 is 0.778 bits per heavy atom. The zero-order valence-corrected chi connectivity index (χ0v) is 18.3. The number of ether oxygens (including phenoxy) is 3. The number of nitrogens with one attached hydrogen (secondary N) is 2. The normalized spacial score (nSPS) is 14.7. The molecule has 0 spiro atoms. The summed E-state index contributed by atoms with van der Waals surface area (Å²) in [6.45, 7) is 17.3. The minimum absolute atomic E-state index is 0.0523. The molecule has 0 rings (SSSR count). The van der Waals surface area contributed by atoms with Crippen molar-refractivity contribution in [1.82, 2.24) is 10.6 Å². The molecule has 0 aromatic heterocycles. The molecule has 0 heterocycles. The Bertz CT molecular complexity index is 526. The molecular formula is C19H36N2O6. The lowest BCUT2D eigenvalue weighted by molar-refractivity contribution is -0.162. The molecule has 0 radical (unpaired) electrons. The third kappa shape index (κ3) is 13.1. The van der Waals surface area contributed by atoms with E-state index in [1.165, 1.54) is 6.92 Å². The minimum atomic E-state index is -1.00. The van der Waals surface area contributed by atoms with Crippen LogP contribution in [-0.2, 0) is 23.8 Å². The summed E-state index contributed by atoms with van der Waals surface area (Å²) >= 11 is 0. The van der Waals surface area contributed by atoms with Crippen molar-refractivity contribution in [2.75, 3.05) is 6.61 Å². The largest absolute Gasteiger partial charge is 0.458 e. The number of hydrogen-bond donors (Lipinski definition) is 2. The van der Waals surface area contributed by atoms with Crippen molar-refractivity contribution < 1.29 is 28.6 Å². The summed E-state index contributed by atoms with van der Waals surface area (Å²) in [5.41, 5.74) is -1.88. The summed E-state index contributed by atoms with van der Waals surface area (Å²) in [5, 5.41) is 5.01. The maximum Gasteiger partial charge on any atom is 0.408 e. The van der Waals surface area contributed by atoms with Gasteiger partial charge in [0.1, 0.15) is 17.2 Å². The van der Waals surface area contributed by atoms with Gasteiger partial charge in [-0.2, -0.15) is 0 Å². The van der Waals surface area contributed by atoms with Crippen molar-refractivity contribution in [3.63, 3.8) is 0 Å². The minimum Gasteiger partial charge on any atom is -0.458 e. The molecule has 2 amide bonds. The lowest BCUT2D eigenvalue weighted by atomic mass is 10.1. The Hall–Kier alpha value is -1.83. The van der Waals surface area contributed by atoms with Gasteiger partial charge in [-0.25, -0.2) is 9.59 Å². The third-order valence-electron chi connectivity index (χ3n) is 2.82. The van der Waals surface area contributed by atoms with E-state index < -0.39 is 46.9 Å². The zero-order valence-electron chi connectivity index (χ0n) is 18.3. The van der Waals surface area contributed by atoms with Crippen LogP contribution in [0, 0.1) is 0 Å². The van der Waals surface area contributed by atoms with E-state index in [1.54, 1.807) is 41.5 Å². The molecule has 0 aromatic carbocycles. The number of alkyl carbamates (subject to hydrolysis) is 1. The van der Waals surface area contributed by atoms with Crippen molar-refractivity contribution >= 4 is 18.0 Å². The second-order valence-electron chi connectivity index (χ2n) is 9.39. The molecule has 0 aliphatic heterocycles. The molecule has 0 aliphatic carbocycles. The Kier molecular flexibility index (Phi) is 8.76. The first-order valence-corrected chi connectivity index (χ1v) is 9.06. The van der Waals surface area contributed by atoms with Gasteiger partial charge in [0.25, 0.3) is 0 Å². The van der Waals surface area contributed by atoms with Gasteiger partial charge in [-0.15, -0.1) is 0 Å². The van der Waals surface area contributed by atoms with Crippen LogP contribution in [0.1, 0.15) is 69.2 Å². The number of carbonyl (C=O) groups is 3. The Morgan fingerprint density at radius 2 is 1.26 bits per heavy atom. The van der Waals surface area contributed by atoms with Gasteiger partial charge in [-0.3, -0.25) is 4.79 Å². The Morgan fingerprint density at radius 3 is 1.67 bits per heavy atom. The van der Waals surface area contributed by atoms with Crippen molar-refractivity contribution in [3.8, 4) is 0 Å². The molecule has 0 bridgehead atoms. The second-order valence-corrected chi connectivity index (χ2v) is 9.39. The molecule has 158 valence electrons. The van der Waals surface area contributed by atoms with Crippen molar-refractivity contribution in [2.45, 2.75) is 98.1 Å². The summed E-state index contributed by atoms with van der Waals surface area (Å²) in [6.07, 6.45) is -0.718. The molecule has 2 atom stereocenters. The van der Waals surface area contributed by atoms with Gasteiger partial charge in [0.2, 0.25) is 5.91 Å². The molecule has 0 fully saturated rings. The van der Waals surface area contributed by atoms with E-state index in [4.69, 9.17) is 14.2 Å². The number of hydrogen-bond acceptors (Lipinski definition) is 6. The maximum absolute atomic E-state index is 12.4. The highest BCUT2D eigenvalue weighted by Crippen LogP contribution is 2.12. The number of carbonyl (C=O) groups excluding carboxylic acids is 3. The summed E-state index contributed by atoms with van der Waals surface area (Å²) < 4.78 is 16.1. The lowest BCUT2D eigenvalue weighted by Gasteiger charge is -2.28. The van der Waals surface area contributed by atoms with Crippen molar-refractivity contribution in [3.05, 3.63) is 0 Å². The van der Waals surface area contributed by atoms with Gasteiger partial charge in [0.05, 0.1) is 12.2 Å². The van der Waals surface area contributed by atoms with Gasteiger partial charge in [0, 0.05) is 0 Å². The number of amides is 2. The fourth-order valence-corrected chi connectivity index (χ4v) is 1.72. The average Bonchev–Trinajstić information content (AvgIpc) is 2.37. The second kappa shape index (κ2) is 9.39. The van der Waals surface area contributed by atoms with Crippen LogP contribution in [0.2, 0.25) is 0 Å². The smallest absolute Gasteiger partial charge is 0.408 e. The van der Waals surface area contributed by atoms with Crippen LogP contribution in [0.3, 0.4) is 0 Å². The zero-order chi connectivity index (χ0) is 21.6. The fourth-order valence-electron chi connectivity index (χ4n) is 1.72. The standard InChI is InChI=1S/C19H36N2O6/c1-12(20-16(24)27-19(8,9)10)14(22)21-13(11-25-17(2,3)4)15(23)26-18(5,6)7/h12-13H,11H2,1-10H3,(H,20,24)(H,21,22)/t12-,13-/m0/s1.